The van der Waals surface area contributed by atoms with Crippen LogP contribution in [0.15, 0.2) is 53.1 Å². The van der Waals surface area contributed by atoms with Crippen LogP contribution in [0, 0.1) is 0 Å². The van der Waals surface area contributed by atoms with Crippen LogP contribution < -0.4 is 0 Å². The second-order valence-corrected chi connectivity index (χ2v) is 7.58. The quantitative estimate of drug-likeness (QED) is 0.331. The Morgan fingerprint density at radius 2 is 1.21 bits per heavy atom. The summed E-state index contributed by atoms with van der Waals surface area (Å²) in [5.74, 6) is 1.23. The van der Waals surface area contributed by atoms with E-state index in [4.69, 9.17) is 4.52 Å². The fourth-order valence-corrected chi connectivity index (χ4v) is 3.41. The Morgan fingerprint density at radius 3 is 1.86 bits per heavy atom. The zero-order chi connectivity index (χ0) is 19.6. The van der Waals surface area contributed by atoms with Gasteiger partial charge in [0.1, 0.15) is 0 Å². The van der Waals surface area contributed by atoms with E-state index in [9.17, 15) is 0 Å². The Morgan fingerprint density at radius 1 is 0.643 bits per heavy atom. The standard InChI is InChI=1S/C25H32N2O/c1-3-5-7-8-9-11-21-12-16-22(17-13-21)24-26-25(28-27-24)23-18-14-20(15-19-23)10-6-4-2/h12-19H,3-11H2,1-2H3. The lowest BCUT2D eigenvalue weighted by molar-refractivity contribution is 0.432. The molecular formula is C25H32N2O. The summed E-state index contributed by atoms with van der Waals surface area (Å²) >= 11 is 0. The number of aryl methyl sites for hydroxylation is 2. The lowest BCUT2D eigenvalue weighted by Crippen LogP contribution is -1.88. The highest BCUT2D eigenvalue weighted by atomic mass is 16.5. The van der Waals surface area contributed by atoms with Crippen LogP contribution in [-0.2, 0) is 12.8 Å². The van der Waals surface area contributed by atoms with Gasteiger partial charge in [0.25, 0.3) is 5.89 Å². The van der Waals surface area contributed by atoms with Crippen molar-refractivity contribution in [2.24, 2.45) is 0 Å². The Kier molecular flexibility index (Phi) is 7.83. The number of rotatable bonds is 11. The third kappa shape index (κ3) is 5.79. The predicted molar refractivity (Wildman–Crippen MR) is 116 cm³/mol. The molecular weight excluding hydrogens is 344 g/mol. The first-order chi connectivity index (χ1) is 13.8. The number of nitrogens with zero attached hydrogens (tertiary/aromatic N) is 2. The van der Waals surface area contributed by atoms with Crippen LogP contribution in [0.3, 0.4) is 0 Å². The molecule has 3 aromatic rings. The molecule has 1 aromatic heterocycles. The van der Waals surface area contributed by atoms with Gasteiger partial charge in [0.2, 0.25) is 5.82 Å². The van der Waals surface area contributed by atoms with Crippen molar-refractivity contribution in [1.29, 1.82) is 0 Å². The normalized spacial score (nSPS) is 11.1. The van der Waals surface area contributed by atoms with Gasteiger partial charge in [0.05, 0.1) is 0 Å². The van der Waals surface area contributed by atoms with E-state index in [2.05, 4.69) is 72.5 Å². The van der Waals surface area contributed by atoms with Crippen molar-refractivity contribution in [3.05, 3.63) is 59.7 Å². The van der Waals surface area contributed by atoms with Crippen LogP contribution in [0.5, 0.6) is 0 Å². The number of unbranched alkanes of at least 4 members (excludes halogenated alkanes) is 5. The molecule has 0 fully saturated rings. The molecule has 0 atom stereocenters. The van der Waals surface area contributed by atoms with Crippen molar-refractivity contribution in [1.82, 2.24) is 10.1 Å². The van der Waals surface area contributed by atoms with Gasteiger partial charge < -0.3 is 4.52 Å². The Balaban J connectivity index is 1.58. The highest BCUT2D eigenvalue weighted by Crippen LogP contribution is 2.23. The zero-order valence-corrected chi connectivity index (χ0v) is 17.3. The largest absolute Gasteiger partial charge is 0.334 e. The van der Waals surface area contributed by atoms with Crippen LogP contribution in [0.4, 0.5) is 0 Å². The Labute approximate surface area is 169 Å². The molecule has 0 N–H and O–H groups in total. The maximum atomic E-state index is 5.50. The summed E-state index contributed by atoms with van der Waals surface area (Å²) in [5.41, 5.74) is 4.72. The van der Waals surface area contributed by atoms with Gasteiger partial charge in [-0.3, -0.25) is 0 Å². The maximum absolute atomic E-state index is 5.50. The summed E-state index contributed by atoms with van der Waals surface area (Å²) in [6.45, 7) is 4.47. The minimum atomic E-state index is 0.581. The van der Waals surface area contributed by atoms with E-state index >= 15 is 0 Å². The second kappa shape index (κ2) is 10.8. The van der Waals surface area contributed by atoms with Crippen LogP contribution in [0.25, 0.3) is 22.8 Å². The lowest BCUT2D eigenvalue weighted by Gasteiger charge is -2.02. The molecule has 0 amide bonds. The van der Waals surface area contributed by atoms with Crippen molar-refractivity contribution >= 4 is 0 Å². The molecule has 28 heavy (non-hydrogen) atoms. The van der Waals surface area contributed by atoms with E-state index in [1.54, 1.807) is 0 Å². The summed E-state index contributed by atoms with van der Waals surface area (Å²) < 4.78 is 5.50. The molecule has 1 heterocycles. The van der Waals surface area contributed by atoms with Crippen molar-refractivity contribution in [2.75, 3.05) is 0 Å². The summed E-state index contributed by atoms with van der Waals surface area (Å²) in [4.78, 5) is 4.59. The molecule has 0 aliphatic heterocycles. The summed E-state index contributed by atoms with van der Waals surface area (Å²) in [7, 11) is 0. The van der Waals surface area contributed by atoms with Gasteiger partial charge in [-0.05, 0) is 48.9 Å². The average Bonchev–Trinajstić information content (AvgIpc) is 3.23. The number of aromatic nitrogens is 2. The molecule has 3 nitrogen and oxygen atoms in total. The molecule has 0 aliphatic rings. The van der Waals surface area contributed by atoms with Crippen molar-refractivity contribution in [3.8, 4) is 22.8 Å². The Hall–Kier alpha value is -2.42. The first kappa shape index (κ1) is 20.3. The molecule has 0 unspecified atom stereocenters. The van der Waals surface area contributed by atoms with E-state index in [0.29, 0.717) is 11.7 Å². The van der Waals surface area contributed by atoms with Crippen LogP contribution in [0.2, 0.25) is 0 Å². The smallest absolute Gasteiger partial charge is 0.258 e. The van der Waals surface area contributed by atoms with Crippen LogP contribution in [0.1, 0.15) is 69.9 Å². The van der Waals surface area contributed by atoms with Gasteiger partial charge in [-0.25, -0.2) is 0 Å². The summed E-state index contributed by atoms with van der Waals surface area (Å²) in [5, 5.41) is 4.17. The molecule has 0 radical (unpaired) electrons. The van der Waals surface area contributed by atoms with Crippen molar-refractivity contribution in [2.45, 2.75) is 71.6 Å². The fourth-order valence-electron chi connectivity index (χ4n) is 3.41. The topological polar surface area (TPSA) is 38.9 Å². The van der Waals surface area contributed by atoms with E-state index < -0.39 is 0 Å². The Bertz CT molecular complexity index is 819. The predicted octanol–water partition coefficient (Wildman–Crippen LogP) is 7.26. The number of hydrogen-bond acceptors (Lipinski definition) is 3. The minimum Gasteiger partial charge on any atom is -0.334 e. The molecule has 2 aromatic carbocycles. The third-order valence-electron chi connectivity index (χ3n) is 5.23. The molecule has 0 spiro atoms. The zero-order valence-electron chi connectivity index (χ0n) is 17.3. The van der Waals surface area contributed by atoms with E-state index in [1.807, 2.05) is 0 Å². The maximum Gasteiger partial charge on any atom is 0.258 e. The van der Waals surface area contributed by atoms with E-state index in [0.717, 1.165) is 24.0 Å². The van der Waals surface area contributed by atoms with Gasteiger partial charge in [-0.1, -0.05) is 87.5 Å². The van der Waals surface area contributed by atoms with E-state index in [1.165, 1.54) is 56.1 Å². The molecule has 148 valence electrons. The van der Waals surface area contributed by atoms with Crippen molar-refractivity contribution < 1.29 is 4.52 Å². The van der Waals surface area contributed by atoms with E-state index in [-0.39, 0.29) is 0 Å². The number of hydrogen-bond donors (Lipinski definition) is 0. The molecule has 0 saturated carbocycles. The molecule has 0 saturated heterocycles. The van der Waals surface area contributed by atoms with Crippen molar-refractivity contribution in [3.63, 3.8) is 0 Å². The minimum absolute atomic E-state index is 0.581. The highest BCUT2D eigenvalue weighted by molar-refractivity contribution is 5.60. The van der Waals surface area contributed by atoms with Crippen LogP contribution >= 0.6 is 0 Å². The molecule has 3 rings (SSSR count). The number of benzene rings is 2. The van der Waals surface area contributed by atoms with Gasteiger partial charge in [-0.2, -0.15) is 4.98 Å². The SMILES string of the molecule is CCCCCCCc1ccc(-c2noc(-c3ccc(CCCC)cc3)n2)cc1. The molecule has 3 heteroatoms. The lowest BCUT2D eigenvalue weighted by atomic mass is 10.0. The van der Waals surface area contributed by atoms with Crippen LogP contribution in [-0.4, -0.2) is 10.1 Å². The first-order valence-corrected chi connectivity index (χ1v) is 10.8. The second-order valence-electron chi connectivity index (χ2n) is 7.58. The summed E-state index contributed by atoms with van der Waals surface area (Å²) in [6.07, 6.45) is 11.3. The third-order valence-corrected chi connectivity index (χ3v) is 5.23. The fraction of sp³-hybridized carbons (Fsp3) is 0.440. The highest BCUT2D eigenvalue weighted by Gasteiger charge is 2.10. The van der Waals surface area contributed by atoms with Gasteiger partial charge >= 0.3 is 0 Å². The monoisotopic (exact) mass is 376 g/mol. The molecule has 0 bridgehead atoms. The first-order valence-electron chi connectivity index (χ1n) is 10.8. The molecule has 0 aliphatic carbocycles. The van der Waals surface area contributed by atoms with Gasteiger partial charge in [0, 0.05) is 11.1 Å². The summed E-state index contributed by atoms with van der Waals surface area (Å²) in [6, 6.07) is 17.0. The van der Waals surface area contributed by atoms with Gasteiger partial charge in [-0.15, -0.1) is 0 Å². The average molecular weight is 377 g/mol. The van der Waals surface area contributed by atoms with Gasteiger partial charge in [0.15, 0.2) is 0 Å².